The Morgan fingerprint density at radius 3 is 2.68 bits per heavy atom. The Morgan fingerprint density at radius 2 is 2.00 bits per heavy atom. The molecule has 5 nitrogen and oxygen atoms in total. The molecule has 2 aliphatic rings. The van der Waals surface area contributed by atoms with Gasteiger partial charge in [-0.05, 0) is 44.6 Å². The van der Waals surface area contributed by atoms with Gasteiger partial charge < -0.3 is 5.32 Å². The van der Waals surface area contributed by atoms with E-state index in [-0.39, 0.29) is 11.5 Å². The SMILES string of the molecule is CC(C(=O)NCC1CCCCC1)n1nc(C2CC2)ccc1=O. The van der Waals surface area contributed by atoms with Gasteiger partial charge >= 0.3 is 0 Å². The van der Waals surface area contributed by atoms with Gasteiger partial charge in [-0.2, -0.15) is 5.10 Å². The molecule has 1 heterocycles. The van der Waals surface area contributed by atoms with Crippen LogP contribution in [-0.2, 0) is 4.79 Å². The molecule has 0 radical (unpaired) electrons. The monoisotopic (exact) mass is 303 g/mol. The van der Waals surface area contributed by atoms with Gasteiger partial charge in [0.15, 0.2) is 0 Å². The third-order valence-electron chi connectivity index (χ3n) is 4.88. The summed E-state index contributed by atoms with van der Waals surface area (Å²) >= 11 is 0. The number of hydrogen-bond donors (Lipinski definition) is 1. The number of hydrogen-bond acceptors (Lipinski definition) is 3. The highest BCUT2D eigenvalue weighted by atomic mass is 16.2. The molecule has 1 aromatic heterocycles. The standard InChI is InChI=1S/C17H25N3O2/c1-12(17(22)18-11-13-5-3-2-4-6-13)20-16(21)10-9-15(19-20)14-7-8-14/h9-10,12-14H,2-8,11H2,1H3,(H,18,22). The summed E-state index contributed by atoms with van der Waals surface area (Å²) in [5, 5.41) is 7.40. The van der Waals surface area contributed by atoms with Crippen LogP contribution in [0.2, 0.25) is 0 Å². The Bertz CT molecular complexity index is 586. The van der Waals surface area contributed by atoms with E-state index in [1.54, 1.807) is 13.0 Å². The first-order valence-corrected chi connectivity index (χ1v) is 8.52. The lowest BCUT2D eigenvalue weighted by atomic mass is 9.89. The summed E-state index contributed by atoms with van der Waals surface area (Å²) in [6.07, 6.45) is 8.50. The highest BCUT2D eigenvalue weighted by Gasteiger charge is 2.27. The molecule has 3 rings (SSSR count). The van der Waals surface area contributed by atoms with Gasteiger partial charge in [-0.3, -0.25) is 9.59 Å². The van der Waals surface area contributed by atoms with Gasteiger partial charge in [0.05, 0.1) is 5.69 Å². The Balaban J connectivity index is 1.62. The molecule has 2 aliphatic carbocycles. The van der Waals surface area contributed by atoms with Crippen molar-refractivity contribution in [3.63, 3.8) is 0 Å². The summed E-state index contributed by atoms with van der Waals surface area (Å²) in [5.74, 6) is 0.963. The van der Waals surface area contributed by atoms with Crippen LogP contribution in [0.25, 0.3) is 0 Å². The second-order valence-corrected chi connectivity index (χ2v) is 6.74. The van der Waals surface area contributed by atoms with Crippen molar-refractivity contribution in [3.8, 4) is 0 Å². The molecule has 0 aromatic carbocycles. The van der Waals surface area contributed by atoms with Crippen molar-refractivity contribution in [1.29, 1.82) is 0 Å². The first kappa shape index (κ1) is 15.3. The van der Waals surface area contributed by atoms with Crippen LogP contribution >= 0.6 is 0 Å². The van der Waals surface area contributed by atoms with E-state index >= 15 is 0 Å². The molecule has 2 saturated carbocycles. The van der Waals surface area contributed by atoms with Crippen molar-refractivity contribution in [2.45, 2.75) is 63.8 Å². The van der Waals surface area contributed by atoms with E-state index in [0.717, 1.165) is 25.1 Å². The normalized spacial score (nSPS) is 20.6. The fourth-order valence-corrected chi connectivity index (χ4v) is 3.21. The van der Waals surface area contributed by atoms with Crippen molar-refractivity contribution in [3.05, 3.63) is 28.2 Å². The molecule has 1 unspecified atom stereocenters. The van der Waals surface area contributed by atoms with Gasteiger partial charge in [0.25, 0.3) is 5.56 Å². The Hall–Kier alpha value is -1.65. The van der Waals surface area contributed by atoms with Crippen LogP contribution in [0.1, 0.15) is 69.5 Å². The lowest BCUT2D eigenvalue weighted by molar-refractivity contribution is -0.124. The molecule has 1 aromatic rings. The van der Waals surface area contributed by atoms with E-state index in [9.17, 15) is 9.59 Å². The van der Waals surface area contributed by atoms with Crippen molar-refractivity contribution in [1.82, 2.24) is 15.1 Å². The van der Waals surface area contributed by atoms with Crippen molar-refractivity contribution in [2.24, 2.45) is 5.92 Å². The number of nitrogens with zero attached hydrogens (tertiary/aromatic N) is 2. The summed E-state index contributed by atoms with van der Waals surface area (Å²) < 4.78 is 1.34. The molecule has 1 amide bonds. The number of rotatable bonds is 5. The summed E-state index contributed by atoms with van der Waals surface area (Å²) in [4.78, 5) is 24.3. The zero-order valence-electron chi connectivity index (χ0n) is 13.3. The second kappa shape index (κ2) is 6.63. The lowest BCUT2D eigenvalue weighted by Crippen LogP contribution is -2.39. The smallest absolute Gasteiger partial charge is 0.267 e. The molecule has 0 spiro atoms. The molecule has 0 aliphatic heterocycles. The van der Waals surface area contributed by atoms with Gasteiger partial charge in [0, 0.05) is 18.5 Å². The number of carbonyl (C=O) groups is 1. The Labute approximate surface area is 131 Å². The van der Waals surface area contributed by atoms with Crippen LogP contribution in [0.4, 0.5) is 0 Å². The van der Waals surface area contributed by atoms with E-state index < -0.39 is 6.04 Å². The molecular weight excluding hydrogens is 278 g/mol. The van der Waals surface area contributed by atoms with Gasteiger partial charge in [0.1, 0.15) is 6.04 Å². The van der Waals surface area contributed by atoms with Crippen molar-refractivity contribution >= 4 is 5.91 Å². The fourth-order valence-electron chi connectivity index (χ4n) is 3.21. The van der Waals surface area contributed by atoms with Crippen LogP contribution in [0.3, 0.4) is 0 Å². The molecule has 120 valence electrons. The van der Waals surface area contributed by atoms with Crippen molar-refractivity contribution in [2.75, 3.05) is 6.54 Å². The van der Waals surface area contributed by atoms with E-state index in [4.69, 9.17) is 0 Å². The van der Waals surface area contributed by atoms with Gasteiger partial charge in [0.2, 0.25) is 5.91 Å². The maximum absolute atomic E-state index is 12.3. The third kappa shape index (κ3) is 3.57. The maximum Gasteiger partial charge on any atom is 0.267 e. The highest BCUT2D eigenvalue weighted by molar-refractivity contribution is 5.79. The first-order valence-electron chi connectivity index (χ1n) is 8.52. The van der Waals surface area contributed by atoms with E-state index in [2.05, 4.69) is 10.4 Å². The minimum atomic E-state index is -0.546. The average molecular weight is 303 g/mol. The summed E-state index contributed by atoms with van der Waals surface area (Å²) in [5.41, 5.74) is 0.733. The summed E-state index contributed by atoms with van der Waals surface area (Å²) in [6, 6.07) is 2.78. The zero-order chi connectivity index (χ0) is 15.5. The molecule has 0 bridgehead atoms. The lowest BCUT2D eigenvalue weighted by Gasteiger charge is -2.23. The molecular formula is C17H25N3O2. The predicted molar refractivity (Wildman–Crippen MR) is 84.8 cm³/mol. The Morgan fingerprint density at radius 1 is 1.27 bits per heavy atom. The fraction of sp³-hybridized carbons (Fsp3) is 0.706. The van der Waals surface area contributed by atoms with Crippen LogP contribution in [0.15, 0.2) is 16.9 Å². The molecule has 5 heteroatoms. The van der Waals surface area contributed by atoms with E-state index in [1.807, 2.05) is 0 Å². The van der Waals surface area contributed by atoms with Gasteiger partial charge in [-0.25, -0.2) is 4.68 Å². The molecule has 1 atom stereocenters. The second-order valence-electron chi connectivity index (χ2n) is 6.74. The average Bonchev–Trinajstić information content (AvgIpc) is 3.38. The highest BCUT2D eigenvalue weighted by Crippen LogP contribution is 2.38. The molecule has 1 N–H and O–H groups in total. The van der Waals surface area contributed by atoms with Crippen LogP contribution in [-0.4, -0.2) is 22.2 Å². The van der Waals surface area contributed by atoms with E-state index in [0.29, 0.717) is 11.8 Å². The first-order chi connectivity index (χ1) is 10.6. The predicted octanol–water partition coefficient (Wildman–Crippen LogP) is 2.38. The number of aromatic nitrogens is 2. The summed E-state index contributed by atoms with van der Waals surface area (Å²) in [6.45, 7) is 2.47. The zero-order valence-corrected chi connectivity index (χ0v) is 13.3. The topological polar surface area (TPSA) is 64.0 Å². The summed E-state index contributed by atoms with van der Waals surface area (Å²) in [7, 11) is 0. The largest absolute Gasteiger partial charge is 0.354 e. The maximum atomic E-state index is 12.3. The van der Waals surface area contributed by atoms with Gasteiger partial charge in [-0.1, -0.05) is 19.3 Å². The van der Waals surface area contributed by atoms with Crippen LogP contribution in [0.5, 0.6) is 0 Å². The van der Waals surface area contributed by atoms with Crippen LogP contribution in [0, 0.1) is 5.92 Å². The molecule has 2 fully saturated rings. The third-order valence-corrected chi connectivity index (χ3v) is 4.88. The Kier molecular flexibility index (Phi) is 4.60. The number of carbonyl (C=O) groups excluding carboxylic acids is 1. The molecule has 22 heavy (non-hydrogen) atoms. The number of amides is 1. The minimum absolute atomic E-state index is 0.104. The van der Waals surface area contributed by atoms with Gasteiger partial charge in [-0.15, -0.1) is 0 Å². The number of nitrogens with one attached hydrogen (secondary N) is 1. The van der Waals surface area contributed by atoms with Crippen molar-refractivity contribution < 1.29 is 4.79 Å². The van der Waals surface area contributed by atoms with E-state index in [1.165, 1.54) is 42.9 Å². The molecule has 0 saturated heterocycles. The van der Waals surface area contributed by atoms with Crippen LogP contribution < -0.4 is 10.9 Å². The minimum Gasteiger partial charge on any atom is -0.354 e. The quantitative estimate of drug-likeness (QED) is 0.908.